The van der Waals surface area contributed by atoms with Crippen molar-refractivity contribution in [1.29, 1.82) is 0 Å². The number of amides is 1. The number of rotatable bonds is 3. The Morgan fingerprint density at radius 3 is 3.00 bits per heavy atom. The zero-order valence-corrected chi connectivity index (χ0v) is 12.2. The maximum absolute atomic E-state index is 11.6. The van der Waals surface area contributed by atoms with Crippen LogP contribution < -0.4 is 15.8 Å². The van der Waals surface area contributed by atoms with Crippen LogP contribution in [0.1, 0.15) is 35.2 Å². The van der Waals surface area contributed by atoms with Crippen LogP contribution >= 0.6 is 0 Å². The Hall–Kier alpha value is -1.66. The van der Waals surface area contributed by atoms with Crippen LogP contribution in [0.4, 0.5) is 0 Å². The number of carbonyl (C=O) groups excluding carboxylic acids is 1. The molecule has 2 aliphatic heterocycles. The van der Waals surface area contributed by atoms with E-state index in [1.165, 1.54) is 0 Å². The van der Waals surface area contributed by atoms with Crippen molar-refractivity contribution in [2.24, 2.45) is 5.73 Å². The van der Waals surface area contributed by atoms with Crippen LogP contribution in [0.25, 0.3) is 0 Å². The first kappa shape index (κ1) is 14.3. The minimum absolute atomic E-state index is 0.0736. The molecule has 6 heteroatoms. The standard InChI is InChI=1S/C15H21N3O3/c1-10-2-5-18-14(12(10)13(16)19)21-11-8-15(20-9-11)3-6-17-7-4-15/h2,5,11,17H,3-4,6-9H2,1H3,(H2,16,19). The molecule has 0 aromatic carbocycles. The molecule has 1 spiro atoms. The lowest BCUT2D eigenvalue weighted by molar-refractivity contribution is -0.0206. The Morgan fingerprint density at radius 1 is 1.52 bits per heavy atom. The molecular weight excluding hydrogens is 270 g/mol. The molecule has 114 valence electrons. The number of hydrogen-bond donors (Lipinski definition) is 2. The number of aryl methyl sites for hydroxylation is 1. The summed E-state index contributed by atoms with van der Waals surface area (Å²) in [7, 11) is 0. The first-order valence-corrected chi connectivity index (χ1v) is 7.36. The quantitative estimate of drug-likeness (QED) is 0.859. The zero-order valence-electron chi connectivity index (χ0n) is 12.2. The van der Waals surface area contributed by atoms with Gasteiger partial charge in [0.25, 0.3) is 5.91 Å². The highest BCUT2D eigenvalue weighted by atomic mass is 16.6. The van der Waals surface area contributed by atoms with Crippen LogP contribution in [0, 0.1) is 6.92 Å². The van der Waals surface area contributed by atoms with E-state index in [-0.39, 0.29) is 11.7 Å². The van der Waals surface area contributed by atoms with Gasteiger partial charge in [0.1, 0.15) is 11.7 Å². The average Bonchev–Trinajstić information content (AvgIpc) is 2.82. The van der Waals surface area contributed by atoms with Crippen LogP contribution in [-0.2, 0) is 4.74 Å². The Bertz CT molecular complexity index is 541. The van der Waals surface area contributed by atoms with Crippen LogP contribution in [0.3, 0.4) is 0 Å². The molecule has 21 heavy (non-hydrogen) atoms. The van der Waals surface area contributed by atoms with E-state index in [0.29, 0.717) is 18.1 Å². The molecule has 0 radical (unpaired) electrons. The largest absolute Gasteiger partial charge is 0.471 e. The van der Waals surface area contributed by atoms with Crippen LogP contribution in [0.15, 0.2) is 12.3 Å². The lowest BCUT2D eigenvalue weighted by Gasteiger charge is -2.32. The van der Waals surface area contributed by atoms with Gasteiger partial charge in [-0.1, -0.05) is 0 Å². The van der Waals surface area contributed by atoms with E-state index < -0.39 is 5.91 Å². The number of hydrogen-bond acceptors (Lipinski definition) is 5. The van der Waals surface area contributed by atoms with Crippen LogP contribution in [-0.4, -0.2) is 42.3 Å². The minimum atomic E-state index is -0.508. The lowest BCUT2D eigenvalue weighted by atomic mass is 9.89. The van der Waals surface area contributed by atoms with Gasteiger partial charge in [0, 0.05) is 12.6 Å². The molecule has 3 rings (SSSR count). The normalized spacial score (nSPS) is 24.1. The van der Waals surface area contributed by atoms with Crippen LogP contribution in [0.2, 0.25) is 0 Å². The predicted octanol–water partition coefficient (Wildman–Crippen LogP) is 0.779. The summed E-state index contributed by atoms with van der Waals surface area (Å²) < 4.78 is 11.9. The third kappa shape index (κ3) is 2.87. The number of primary amides is 1. The average molecular weight is 291 g/mol. The molecule has 3 N–H and O–H groups in total. The predicted molar refractivity (Wildman–Crippen MR) is 77.3 cm³/mol. The smallest absolute Gasteiger partial charge is 0.254 e. The van der Waals surface area contributed by atoms with Crippen molar-refractivity contribution in [3.05, 3.63) is 23.4 Å². The van der Waals surface area contributed by atoms with Crippen molar-refractivity contribution in [3.8, 4) is 5.88 Å². The molecule has 0 aliphatic carbocycles. The number of carbonyl (C=O) groups is 1. The summed E-state index contributed by atoms with van der Waals surface area (Å²) in [6.45, 7) is 4.31. The van der Waals surface area contributed by atoms with E-state index >= 15 is 0 Å². The van der Waals surface area contributed by atoms with Crippen molar-refractivity contribution < 1.29 is 14.3 Å². The fourth-order valence-corrected chi connectivity index (χ4v) is 3.19. The number of pyridine rings is 1. The van der Waals surface area contributed by atoms with Crippen molar-refractivity contribution in [3.63, 3.8) is 0 Å². The lowest BCUT2D eigenvalue weighted by Crippen LogP contribution is -2.41. The number of nitrogens with zero attached hydrogens (tertiary/aromatic N) is 1. The summed E-state index contributed by atoms with van der Waals surface area (Å²) in [6.07, 6.45) is 4.39. The monoisotopic (exact) mass is 291 g/mol. The maximum atomic E-state index is 11.6. The Labute approximate surface area is 124 Å². The summed E-state index contributed by atoms with van der Waals surface area (Å²) in [5.74, 6) is -0.187. The first-order valence-electron chi connectivity index (χ1n) is 7.36. The highest BCUT2D eigenvalue weighted by Gasteiger charge is 2.42. The van der Waals surface area contributed by atoms with Gasteiger partial charge in [-0.2, -0.15) is 0 Å². The van der Waals surface area contributed by atoms with Gasteiger partial charge in [-0.05, 0) is 44.5 Å². The second-order valence-corrected chi connectivity index (χ2v) is 5.86. The summed E-state index contributed by atoms with van der Waals surface area (Å²) in [4.78, 5) is 15.7. The van der Waals surface area contributed by atoms with Gasteiger partial charge in [0.05, 0.1) is 12.2 Å². The van der Waals surface area contributed by atoms with Crippen molar-refractivity contribution in [1.82, 2.24) is 10.3 Å². The van der Waals surface area contributed by atoms with Crippen molar-refractivity contribution in [2.75, 3.05) is 19.7 Å². The molecule has 1 aromatic heterocycles. The second kappa shape index (κ2) is 5.61. The number of ether oxygens (including phenoxy) is 2. The Kier molecular flexibility index (Phi) is 3.82. The van der Waals surface area contributed by atoms with Gasteiger partial charge in [-0.15, -0.1) is 0 Å². The summed E-state index contributed by atoms with van der Waals surface area (Å²) >= 11 is 0. The minimum Gasteiger partial charge on any atom is -0.471 e. The Morgan fingerprint density at radius 2 is 2.29 bits per heavy atom. The first-order chi connectivity index (χ1) is 10.1. The number of nitrogens with one attached hydrogen (secondary N) is 1. The van der Waals surface area contributed by atoms with E-state index in [1.54, 1.807) is 12.3 Å². The third-order valence-corrected chi connectivity index (χ3v) is 4.34. The molecule has 1 aromatic rings. The van der Waals surface area contributed by atoms with Crippen LogP contribution in [0.5, 0.6) is 5.88 Å². The summed E-state index contributed by atoms with van der Waals surface area (Å²) in [5, 5.41) is 3.34. The maximum Gasteiger partial charge on any atom is 0.254 e. The molecule has 2 saturated heterocycles. The third-order valence-electron chi connectivity index (χ3n) is 4.34. The SMILES string of the molecule is Cc1ccnc(OC2COC3(CCNCC3)C2)c1C(N)=O. The van der Waals surface area contributed by atoms with Crippen molar-refractivity contribution >= 4 is 5.91 Å². The van der Waals surface area contributed by atoms with Crippen molar-refractivity contribution in [2.45, 2.75) is 37.9 Å². The molecule has 6 nitrogen and oxygen atoms in total. The molecule has 1 amide bonds. The van der Waals surface area contributed by atoms with Gasteiger partial charge in [0.15, 0.2) is 0 Å². The number of nitrogens with two attached hydrogens (primary N) is 1. The number of piperidine rings is 1. The van der Waals surface area contributed by atoms with E-state index in [0.717, 1.165) is 37.9 Å². The van der Waals surface area contributed by atoms with E-state index in [9.17, 15) is 4.79 Å². The molecule has 2 fully saturated rings. The van der Waals surface area contributed by atoms with E-state index in [2.05, 4.69) is 10.3 Å². The fourth-order valence-electron chi connectivity index (χ4n) is 3.19. The second-order valence-electron chi connectivity index (χ2n) is 5.86. The molecule has 0 bridgehead atoms. The molecule has 1 atom stereocenters. The molecule has 1 unspecified atom stereocenters. The topological polar surface area (TPSA) is 86.5 Å². The molecule has 0 saturated carbocycles. The Balaban J connectivity index is 1.73. The fraction of sp³-hybridized carbons (Fsp3) is 0.600. The molecule has 2 aliphatic rings. The molecular formula is C15H21N3O3. The van der Waals surface area contributed by atoms with Gasteiger partial charge < -0.3 is 20.5 Å². The summed E-state index contributed by atoms with van der Waals surface area (Å²) in [5.41, 5.74) is 6.50. The van der Waals surface area contributed by atoms with Gasteiger partial charge >= 0.3 is 0 Å². The zero-order chi connectivity index (χ0) is 14.9. The van der Waals surface area contributed by atoms with Gasteiger partial charge in [-0.3, -0.25) is 4.79 Å². The summed E-state index contributed by atoms with van der Waals surface area (Å²) in [6, 6.07) is 1.76. The van der Waals surface area contributed by atoms with E-state index in [1.807, 2.05) is 6.92 Å². The van der Waals surface area contributed by atoms with Gasteiger partial charge in [-0.25, -0.2) is 4.98 Å². The molecule has 3 heterocycles. The highest BCUT2D eigenvalue weighted by Crippen LogP contribution is 2.35. The highest BCUT2D eigenvalue weighted by molar-refractivity contribution is 5.96. The number of aromatic nitrogens is 1. The van der Waals surface area contributed by atoms with E-state index in [4.69, 9.17) is 15.2 Å². The van der Waals surface area contributed by atoms with Gasteiger partial charge in [0.2, 0.25) is 5.88 Å².